The molecule has 0 bridgehead atoms. The number of rotatable bonds is 3. The van der Waals surface area contributed by atoms with Crippen molar-refractivity contribution in [2.75, 3.05) is 0 Å². The summed E-state index contributed by atoms with van der Waals surface area (Å²) in [6.07, 6.45) is 0. The van der Waals surface area contributed by atoms with Gasteiger partial charge in [0.2, 0.25) is 5.55 Å². The smallest absolute Gasteiger partial charge is 0.272 e. The summed E-state index contributed by atoms with van der Waals surface area (Å²) in [5.41, 5.74) is 8.87. The van der Waals surface area contributed by atoms with Gasteiger partial charge in [-0.25, -0.2) is 5.43 Å². The second-order valence-electron chi connectivity index (χ2n) is 6.06. The minimum Gasteiger partial charge on any atom is -0.436 e. The highest BCUT2D eigenvalue weighted by Crippen LogP contribution is 2.24. The van der Waals surface area contributed by atoms with Crippen LogP contribution in [0.1, 0.15) is 20.7 Å². The third-order valence-electron chi connectivity index (χ3n) is 4.30. The van der Waals surface area contributed by atoms with Crippen molar-refractivity contribution < 1.29 is 14.0 Å². The number of nitrogens with two attached hydrogens (primary N) is 1. The number of halogens is 1. The van der Waals surface area contributed by atoms with Gasteiger partial charge in [0.15, 0.2) is 0 Å². The number of carbonyl (C=O) groups excluding carboxylic acids is 2. The molecule has 4 aromatic rings. The first-order chi connectivity index (χ1) is 13.5. The number of primary amides is 1. The summed E-state index contributed by atoms with van der Waals surface area (Å²) >= 11 is 3.32. The van der Waals surface area contributed by atoms with Crippen molar-refractivity contribution in [3.8, 4) is 0 Å². The van der Waals surface area contributed by atoms with Crippen molar-refractivity contribution >= 4 is 49.5 Å². The summed E-state index contributed by atoms with van der Waals surface area (Å²) in [6.45, 7) is 0. The van der Waals surface area contributed by atoms with Gasteiger partial charge in [-0.3, -0.25) is 9.59 Å². The third kappa shape index (κ3) is 3.27. The second kappa shape index (κ2) is 7.28. The molecule has 3 aromatic carbocycles. The van der Waals surface area contributed by atoms with E-state index in [0.717, 1.165) is 16.2 Å². The zero-order chi connectivity index (χ0) is 19.7. The Labute approximate surface area is 167 Å². The van der Waals surface area contributed by atoms with Crippen molar-refractivity contribution in [2.45, 2.75) is 0 Å². The van der Waals surface area contributed by atoms with Crippen molar-refractivity contribution in [1.29, 1.82) is 0 Å². The number of hydrogen-bond donors (Lipinski definition) is 2. The minimum absolute atomic E-state index is 0.0596. The molecule has 0 atom stereocenters. The number of fused-ring (bicyclic) bond motifs is 3. The van der Waals surface area contributed by atoms with Gasteiger partial charge in [-0.2, -0.15) is 0 Å². The predicted octanol–water partition coefficient (Wildman–Crippen LogP) is 3.69. The van der Waals surface area contributed by atoms with Crippen LogP contribution >= 0.6 is 15.9 Å². The van der Waals surface area contributed by atoms with Crippen LogP contribution in [0.25, 0.3) is 21.7 Å². The highest BCUT2D eigenvalue weighted by molar-refractivity contribution is 9.10. The number of nitrogens with one attached hydrogen (secondary N) is 1. The van der Waals surface area contributed by atoms with Gasteiger partial charge in [-0.15, -0.1) is 5.10 Å². The van der Waals surface area contributed by atoms with E-state index in [1.54, 1.807) is 36.4 Å². The second-order valence-corrected chi connectivity index (χ2v) is 6.91. The van der Waals surface area contributed by atoms with Gasteiger partial charge >= 0.3 is 0 Å². The minimum atomic E-state index is -0.701. The van der Waals surface area contributed by atoms with Gasteiger partial charge < -0.3 is 10.2 Å². The zero-order valence-corrected chi connectivity index (χ0v) is 16.1. The lowest BCUT2D eigenvalue weighted by molar-refractivity contribution is 0.0945. The molecule has 1 heterocycles. The molecule has 3 N–H and O–H groups in total. The molecule has 138 valence electrons. The van der Waals surface area contributed by atoms with E-state index in [4.69, 9.17) is 10.2 Å². The van der Waals surface area contributed by atoms with Gasteiger partial charge in [0.1, 0.15) is 11.1 Å². The normalized spacial score (nSPS) is 11.7. The molecule has 0 spiro atoms. The first-order valence-electron chi connectivity index (χ1n) is 8.38. The molecule has 6 nitrogen and oxygen atoms in total. The van der Waals surface area contributed by atoms with Crippen molar-refractivity contribution in [3.05, 3.63) is 87.9 Å². The molecular weight excluding hydrogens is 422 g/mol. The number of carbonyl (C=O) groups is 2. The Morgan fingerprint density at radius 3 is 2.46 bits per heavy atom. The average molecular weight is 436 g/mol. The maximum atomic E-state index is 12.4. The molecule has 0 saturated heterocycles. The fraction of sp³-hybridized carbons (Fsp3) is 0. The van der Waals surface area contributed by atoms with E-state index in [9.17, 15) is 9.59 Å². The van der Waals surface area contributed by atoms with Crippen LogP contribution in [0.4, 0.5) is 0 Å². The maximum Gasteiger partial charge on any atom is 0.272 e. The first-order valence-corrected chi connectivity index (χ1v) is 9.18. The lowest BCUT2D eigenvalue weighted by Gasteiger charge is -2.06. The standard InChI is InChI=1S/C21H14BrN3O3/c22-17-8-4-3-7-14(17)20(27)24-25-21-16(19(23)26)11-15-13-6-2-1-5-12(13)9-10-18(15)28-21/h1-11H,(H2,23,26)(H,24,27). The van der Waals surface area contributed by atoms with E-state index in [0.29, 0.717) is 15.6 Å². The van der Waals surface area contributed by atoms with Gasteiger partial charge in [0.25, 0.3) is 11.8 Å². The van der Waals surface area contributed by atoms with E-state index in [1.807, 2.05) is 30.3 Å². The molecule has 0 aliphatic heterocycles. The van der Waals surface area contributed by atoms with E-state index in [1.165, 1.54) is 0 Å². The van der Waals surface area contributed by atoms with Gasteiger partial charge in [-0.1, -0.05) is 42.5 Å². The van der Waals surface area contributed by atoms with Crippen molar-refractivity contribution in [1.82, 2.24) is 5.43 Å². The van der Waals surface area contributed by atoms with Crippen LogP contribution < -0.4 is 16.7 Å². The molecule has 0 aliphatic carbocycles. The van der Waals surface area contributed by atoms with Crippen LogP contribution in [0.15, 0.2) is 80.7 Å². The lowest BCUT2D eigenvalue weighted by Crippen LogP contribution is -2.27. The predicted molar refractivity (Wildman–Crippen MR) is 109 cm³/mol. The fourth-order valence-electron chi connectivity index (χ4n) is 2.95. The Balaban J connectivity index is 1.84. The quantitative estimate of drug-likeness (QED) is 0.379. The number of nitrogens with zero attached hydrogens (tertiary/aromatic N) is 1. The lowest BCUT2D eigenvalue weighted by atomic mass is 10.0. The van der Waals surface area contributed by atoms with Crippen molar-refractivity contribution in [2.24, 2.45) is 10.8 Å². The Morgan fingerprint density at radius 1 is 0.929 bits per heavy atom. The molecule has 0 radical (unpaired) electrons. The third-order valence-corrected chi connectivity index (χ3v) is 4.99. The monoisotopic (exact) mass is 435 g/mol. The molecule has 7 heteroatoms. The van der Waals surface area contributed by atoms with E-state index in [2.05, 4.69) is 26.5 Å². The first kappa shape index (κ1) is 17.9. The van der Waals surface area contributed by atoms with E-state index in [-0.39, 0.29) is 11.1 Å². The number of hydrogen-bond acceptors (Lipinski definition) is 4. The summed E-state index contributed by atoms with van der Waals surface area (Å²) in [5.74, 6) is -1.15. The summed E-state index contributed by atoms with van der Waals surface area (Å²) < 4.78 is 6.41. The van der Waals surface area contributed by atoms with Gasteiger partial charge in [0.05, 0.1) is 5.56 Å². The van der Waals surface area contributed by atoms with Gasteiger partial charge in [0, 0.05) is 9.86 Å². The molecular formula is C21H14BrN3O3. The van der Waals surface area contributed by atoms with Crippen molar-refractivity contribution in [3.63, 3.8) is 0 Å². The van der Waals surface area contributed by atoms with E-state index >= 15 is 0 Å². The van der Waals surface area contributed by atoms with Crippen LogP contribution in [0.5, 0.6) is 0 Å². The Hall–Kier alpha value is -3.45. The molecule has 28 heavy (non-hydrogen) atoms. The topological polar surface area (TPSA) is 97.7 Å². The molecule has 0 unspecified atom stereocenters. The molecule has 0 fully saturated rings. The van der Waals surface area contributed by atoms with Crippen LogP contribution in [0.3, 0.4) is 0 Å². The summed E-state index contributed by atoms with van der Waals surface area (Å²) in [7, 11) is 0. The Kier molecular flexibility index (Phi) is 4.67. The highest BCUT2D eigenvalue weighted by Gasteiger charge is 2.13. The van der Waals surface area contributed by atoms with E-state index < -0.39 is 11.8 Å². The summed E-state index contributed by atoms with van der Waals surface area (Å²) in [5, 5.41) is 6.66. The number of benzene rings is 3. The maximum absolute atomic E-state index is 12.4. The fourth-order valence-corrected chi connectivity index (χ4v) is 3.41. The number of amides is 2. The molecule has 0 saturated carbocycles. The SMILES string of the molecule is NC(=O)c1cc2c(ccc3ccccc32)oc1=NNC(=O)c1ccccc1Br. The van der Waals surface area contributed by atoms with Crippen LogP contribution in [-0.4, -0.2) is 11.8 Å². The average Bonchev–Trinajstić information content (AvgIpc) is 2.71. The molecule has 0 aliphatic rings. The Bertz CT molecular complexity index is 1310. The highest BCUT2D eigenvalue weighted by atomic mass is 79.9. The van der Waals surface area contributed by atoms with Crippen LogP contribution in [-0.2, 0) is 0 Å². The largest absolute Gasteiger partial charge is 0.436 e. The van der Waals surface area contributed by atoms with Crippen LogP contribution in [0, 0.1) is 0 Å². The molecule has 2 amide bonds. The zero-order valence-electron chi connectivity index (χ0n) is 14.5. The summed E-state index contributed by atoms with van der Waals surface area (Å²) in [4.78, 5) is 24.3. The van der Waals surface area contributed by atoms with Gasteiger partial charge in [-0.05, 0) is 51.0 Å². The van der Waals surface area contributed by atoms with Crippen LogP contribution in [0.2, 0.25) is 0 Å². The summed E-state index contributed by atoms with van der Waals surface area (Å²) in [6, 6.07) is 20.0. The molecule has 4 rings (SSSR count). The molecule has 1 aromatic heterocycles. The Morgan fingerprint density at radius 2 is 1.68 bits per heavy atom.